The molecule has 1 N–H and O–H groups in total. The molecule has 2 aromatic carbocycles. The number of aliphatic imine (C=N–C) groups is 1. The lowest BCUT2D eigenvalue weighted by Crippen LogP contribution is -2.07. The number of benzene rings is 2. The van der Waals surface area contributed by atoms with Crippen LogP contribution >= 0.6 is 11.8 Å². The molecule has 0 saturated carbocycles. The van der Waals surface area contributed by atoms with Crippen molar-refractivity contribution in [3.05, 3.63) is 59.9 Å². The first-order chi connectivity index (χ1) is 10.3. The Labute approximate surface area is 127 Å². The SMILES string of the molecule is COc1cc(F)ccc1NC1=NCC(c2ccccc2)S1. The molecule has 1 atom stereocenters. The molecule has 3 nitrogen and oxygen atoms in total. The van der Waals surface area contributed by atoms with Gasteiger partial charge in [0.25, 0.3) is 0 Å². The average Bonchev–Trinajstić information content (AvgIpc) is 2.98. The molecule has 0 aromatic heterocycles. The van der Waals surface area contributed by atoms with Crippen molar-refractivity contribution in [3.8, 4) is 5.75 Å². The van der Waals surface area contributed by atoms with Gasteiger partial charge in [-0.25, -0.2) is 4.39 Å². The fourth-order valence-electron chi connectivity index (χ4n) is 2.17. The van der Waals surface area contributed by atoms with E-state index >= 15 is 0 Å². The lowest BCUT2D eigenvalue weighted by molar-refractivity contribution is 0.413. The molecule has 0 aliphatic carbocycles. The van der Waals surface area contributed by atoms with Crippen molar-refractivity contribution >= 4 is 22.6 Å². The molecule has 0 amide bonds. The number of thioether (sulfide) groups is 1. The van der Waals surface area contributed by atoms with Crippen molar-refractivity contribution in [3.63, 3.8) is 0 Å². The molecule has 1 unspecified atom stereocenters. The maximum absolute atomic E-state index is 13.2. The minimum Gasteiger partial charge on any atom is -0.494 e. The molecule has 1 aliphatic rings. The second kappa shape index (κ2) is 6.18. The summed E-state index contributed by atoms with van der Waals surface area (Å²) in [5, 5.41) is 4.36. The Morgan fingerprint density at radius 3 is 2.81 bits per heavy atom. The fraction of sp³-hybridized carbons (Fsp3) is 0.188. The van der Waals surface area contributed by atoms with Crippen molar-refractivity contribution in [1.29, 1.82) is 0 Å². The summed E-state index contributed by atoms with van der Waals surface area (Å²) in [6.07, 6.45) is 0. The van der Waals surface area contributed by atoms with Crippen molar-refractivity contribution in [2.24, 2.45) is 4.99 Å². The van der Waals surface area contributed by atoms with Gasteiger partial charge >= 0.3 is 0 Å². The number of nitrogens with one attached hydrogen (secondary N) is 1. The zero-order valence-electron chi connectivity index (χ0n) is 11.5. The van der Waals surface area contributed by atoms with E-state index < -0.39 is 0 Å². The van der Waals surface area contributed by atoms with Gasteiger partial charge in [-0.3, -0.25) is 4.99 Å². The van der Waals surface area contributed by atoms with E-state index in [1.807, 2.05) is 18.2 Å². The zero-order chi connectivity index (χ0) is 14.7. The smallest absolute Gasteiger partial charge is 0.161 e. The molecule has 3 rings (SSSR count). The molecule has 0 radical (unpaired) electrons. The topological polar surface area (TPSA) is 33.6 Å². The number of nitrogens with zero attached hydrogens (tertiary/aromatic N) is 1. The van der Waals surface area contributed by atoms with Crippen LogP contribution in [-0.2, 0) is 0 Å². The predicted octanol–water partition coefficient (Wildman–Crippen LogP) is 4.09. The van der Waals surface area contributed by atoms with Crippen LogP contribution in [0.3, 0.4) is 0 Å². The standard InChI is InChI=1S/C16H15FN2OS/c1-20-14-9-12(17)7-8-13(14)19-16-18-10-15(21-16)11-5-3-2-4-6-11/h2-9,15H,10H2,1H3,(H,18,19). The largest absolute Gasteiger partial charge is 0.494 e. The van der Waals surface area contributed by atoms with Crippen LogP contribution in [0.5, 0.6) is 5.75 Å². The summed E-state index contributed by atoms with van der Waals surface area (Å²) in [7, 11) is 1.52. The van der Waals surface area contributed by atoms with Crippen molar-refractivity contribution in [1.82, 2.24) is 0 Å². The fourth-order valence-corrected chi connectivity index (χ4v) is 3.20. The van der Waals surface area contributed by atoms with Crippen LogP contribution in [0.15, 0.2) is 53.5 Å². The van der Waals surface area contributed by atoms with Gasteiger partial charge in [-0.2, -0.15) is 0 Å². The summed E-state index contributed by atoms with van der Waals surface area (Å²) in [6, 6.07) is 14.7. The van der Waals surface area contributed by atoms with Gasteiger partial charge in [0.2, 0.25) is 0 Å². The molecule has 0 spiro atoms. The van der Waals surface area contributed by atoms with E-state index in [9.17, 15) is 4.39 Å². The van der Waals surface area contributed by atoms with E-state index in [2.05, 4.69) is 22.4 Å². The van der Waals surface area contributed by atoms with E-state index in [0.717, 1.165) is 17.4 Å². The number of ether oxygens (including phenoxy) is 1. The Hall–Kier alpha value is -2.01. The van der Waals surface area contributed by atoms with Gasteiger partial charge in [0.15, 0.2) is 5.17 Å². The second-order valence-corrected chi connectivity index (χ2v) is 5.82. The molecule has 21 heavy (non-hydrogen) atoms. The van der Waals surface area contributed by atoms with Crippen LogP contribution in [0.1, 0.15) is 10.8 Å². The minimum absolute atomic E-state index is 0.319. The van der Waals surface area contributed by atoms with Crippen LogP contribution in [0.4, 0.5) is 10.1 Å². The first-order valence-corrected chi connectivity index (χ1v) is 7.51. The number of anilines is 1. The molecular formula is C16H15FN2OS. The van der Waals surface area contributed by atoms with Crippen molar-refractivity contribution in [2.45, 2.75) is 5.25 Å². The molecule has 0 fully saturated rings. The van der Waals surface area contributed by atoms with E-state index in [1.54, 1.807) is 17.8 Å². The average molecular weight is 302 g/mol. The minimum atomic E-state index is -0.319. The molecule has 108 valence electrons. The van der Waals surface area contributed by atoms with Gasteiger partial charge < -0.3 is 10.1 Å². The van der Waals surface area contributed by atoms with Crippen LogP contribution < -0.4 is 10.1 Å². The summed E-state index contributed by atoms with van der Waals surface area (Å²) in [5.41, 5.74) is 1.98. The molecule has 1 heterocycles. The summed E-state index contributed by atoms with van der Waals surface area (Å²) in [6.45, 7) is 0.737. The third-order valence-electron chi connectivity index (χ3n) is 3.23. The second-order valence-electron chi connectivity index (χ2n) is 4.63. The lowest BCUT2D eigenvalue weighted by Gasteiger charge is -2.12. The predicted molar refractivity (Wildman–Crippen MR) is 85.7 cm³/mol. The molecule has 1 aliphatic heterocycles. The van der Waals surface area contributed by atoms with E-state index in [1.165, 1.54) is 24.8 Å². The number of methoxy groups -OCH3 is 1. The van der Waals surface area contributed by atoms with Gasteiger partial charge in [-0.05, 0) is 17.7 Å². The van der Waals surface area contributed by atoms with Crippen molar-refractivity contribution < 1.29 is 9.13 Å². The quantitative estimate of drug-likeness (QED) is 0.927. The lowest BCUT2D eigenvalue weighted by atomic mass is 10.1. The first kappa shape index (κ1) is 13.9. The zero-order valence-corrected chi connectivity index (χ0v) is 12.4. The van der Waals surface area contributed by atoms with E-state index in [-0.39, 0.29) is 5.82 Å². The molecule has 5 heteroatoms. The number of hydrogen-bond acceptors (Lipinski definition) is 4. The monoisotopic (exact) mass is 302 g/mol. The molecule has 0 bridgehead atoms. The molecular weight excluding hydrogens is 287 g/mol. The highest BCUT2D eigenvalue weighted by molar-refractivity contribution is 8.14. The maximum Gasteiger partial charge on any atom is 0.161 e. The normalized spacial score (nSPS) is 17.4. The Bertz CT molecular complexity index is 661. The van der Waals surface area contributed by atoms with Gasteiger partial charge in [0.1, 0.15) is 11.6 Å². The Balaban J connectivity index is 1.70. The Morgan fingerprint density at radius 2 is 2.05 bits per heavy atom. The third kappa shape index (κ3) is 3.19. The summed E-state index contributed by atoms with van der Waals surface area (Å²) < 4.78 is 18.4. The molecule has 2 aromatic rings. The van der Waals surface area contributed by atoms with Crippen LogP contribution in [0, 0.1) is 5.82 Å². The summed E-state index contributed by atoms with van der Waals surface area (Å²) in [5.74, 6) is 0.155. The van der Waals surface area contributed by atoms with Gasteiger partial charge in [0.05, 0.1) is 24.6 Å². The highest BCUT2D eigenvalue weighted by atomic mass is 32.2. The van der Waals surface area contributed by atoms with Gasteiger partial charge in [-0.15, -0.1) is 0 Å². The highest BCUT2D eigenvalue weighted by Gasteiger charge is 2.21. The number of halogens is 1. The van der Waals surface area contributed by atoms with Gasteiger partial charge in [-0.1, -0.05) is 42.1 Å². The Morgan fingerprint density at radius 1 is 1.24 bits per heavy atom. The van der Waals surface area contributed by atoms with E-state index in [4.69, 9.17) is 4.74 Å². The van der Waals surface area contributed by atoms with Crippen LogP contribution in [-0.4, -0.2) is 18.8 Å². The van der Waals surface area contributed by atoms with Gasteiger partial charge in [0, 0.05) is 6.07 Å². The third-order valence-corrected chi connectivity index (χ3v) is 4.39. The van der Waals surface area contributed by atoms with Crippen LogP contribution in [0.2, 0.25) is 0 Å². The summed E-state index contributed by atoms with van der Waals surface area (Å²) >= 11 is 1.67. The number of hydrogen-bond donors (Lipinski definition) is 1. The number of amidine groups is 1. The maximum atomic E-state index is 13.2. The number of rotatable bonds is 3. The Kier molecular flexibility index (Phi) is 4.10. The van der Waals surface area contributed by atoms with Crippen LogP contribution in [0.25, 0.3) is 0 Å². The molecule has 0 saturated heterocycles. The highest BCUT2D eigenvalue weighted by Crippen LogP contribution is 2.36. The van der Waals surface area contributed by atoms with E-state index in [0.29, 0.717) is 11.0 Å². The van der Waals surface area contributed by atoms with Crippen molar-refractivity contribution in [2.75, 3.05) is 19.0 Å². The first-order valence-electron chi connectivity index (χ1n) is 6.63. The summed E-state index contributed by atoms with van der Waals surface area (Å²) in [4.78, 5) is 4.51.